The van der Waals surface area contributed by atoms with Gasteiger partial charge in [0.2, 0.25) is 0 Å². The Labute approximate surface area is 106 Å². The zero-order valence-electron chi connectivity index (χ0n) is 10.6. The van der Waals surface area contributed by atoms with E-state index in [9.17, 15) is 5.11 Å². The Morgan fingerprint density at radius 1 is 1.33 bits per heavy atom. The molecule has 0 bridgehead atoms. The second-order valence-corrected chi connectivity index (χ2v) is 4.49. The molecule has 96 valence electrons. The molecule has 1 heterocycles. The predicted molar refractivity (Wildman–Crippen MR) is 68.9 cm³/mol. The second kappa shape index (κ2) is 5.10. The largest absolute Gasteiger partial charge is 0.508 e. The second-order valence-electron chi connectivity index (χ2n) is 4.49. The van der Waals surface area contributed by atoms with Gasteiger partial charge in [-0.05, 0) is 32.2 Å². The molecule has 2 aromatic rings. The van der Waals surface area contributed by atoms with Crippen LogP contribution in [0.2, 0.25) is 0 Å². The summed E-state index contributed by atoms with van der Waals surface area (Å²) < 4.78 is 5.01. The third-order valence-electron chi connectivity index (χ3n) is 2.65. The van der Waals surface area contributed by atoms with Gasteiger partial charge in [0.15, 0.2) is 0 Å². The van der Waals surface area contributed by atoms with Crippen LogP contribution in [0.1, 0.15) is 17.0 Å². The first-order valence-corrected chi connectivity index (χ1v) is 5.72. The molecule has 3 N–H and O–H groups in total. The number of aryl methyl sites for hydroxylation is 1. The predicted octanol–water partition coefficient (Wildman–Crippen LogP) is 1.90. The highest BCUT2D eigenvalue weighted by molar-refractivity contribution is 5.47. The lowest BCUT2D eigenvalue weighted by atomic mass is 10.1. The lowest BCUT2D eigenvalue weighted by Gasteiger charge is -2.16. The highest BCUT2D eigenvalue weighted by Crippen LogP contribution is 2.21. The van der Waals surface area contributed by atoms with Gasteiger partial charge in [-0.15, -0.1) is 0 Å². The molecule has 0 unspecified atom stereocenters. The minimum atomic E-state index is 0.257. The Hall–Kier alpha value is -2.01. The molecule has 2 rings (SSSR count). The molecular formula is C13H17N3O2. The van der Waals surface area contributed by atoms with E-state index < -0.39 is 0 Å². The quantitative estimate of drug-likeness (QED) is 0.637. The third-order valence-corrected chi connectivity index (χ3v) is 2.65. The summed E-state index contributed by atoms with van der Waals surface area (Å²) in [7, 11) is 1.95. The van der Waals surface area contributed by atoms with Crippen molar-refractivity contribution in [1.82, 2.24) is 10.1 Å². The Kier molecular flexibility index (Phi) is 3.53. The molecular weight excluding hydrogens is 230 g/mol. The first kappa shape index (κ1) is 12.4. The maximum atomic E-state index is 9.74. The number of rotatable bonds is 4. The summed E-state index contributed by atoms with van der Waals surface area (Å²) in [5.41, 5.74) is 8.03. The Morgan fingerprint density at radius 2 is 2.11 bits per heavy atom. The van der Waals surface area contributed by atoms with Gasteiger partial charge < -0.3 is 15.4 Å². The summed E-state index contributed by atoms with van der Waals surface area (Å²) >= 11 is 0. The maximum Gasteiger partial charge on any atom is 0.133 e. The van der Waals surface area contributed by atoms with Crippen molar-refractivity contribution >= 4 is 5.69 Å². The lowest BCUT2D eigenvalue weighted by molar-refractivity contribution is 0.297. The zero-order valence-corrected chi connectivity index (χ0v) is 10.6. The van der Waals surface area contributed by atoms with Crippen LogP contribution in [0.5, 0.6) is 5.75 Å². The number of phenols is 1. The van der Waals surface area contributed by atoms with E-state index in [2.05, 4.69) is 5.16 Å². The number of hydrogen-bond acceptors (Lipinski definition) is 5. The SMILES string of the molecule is Cc1cc(CN(C)Cc2cc(N)ccc2O)no1. The molecule has 0 spiro atoms. The van der Waals surface area contributed by atoms with Crippen molar-refractivity contribution < 1.29 is 9.63 Å². The number of hydrogen-bond donors (Lipinski definition) is 2. The average Bonchev–Trinajstić information content (AvgIpc) is 2.69. The van der Waals surface area contributed by atoms with Crippen molar-refractivity contribution in [2.45, 2.75) is 20.0 Å². The molecule has 1 aromatic heterocycles. The summed E-state index contributed by atoms with van der Waals surface area (Å²) in [6.45, 7) is 3.12. The zero-order chi connectivity index (χ0) is 13.1. The fourth-order valence-electron chi connectivity index (χ4n) is 1.85. The number of benzene rings is 1. The molecule has 5 nitrogen and oxygen atoms in total. The van der Waals surface area contributed by atoms with Crippen LogP contribution in [0.3, 0.4) is 0 Å². The summed E-state index contributed by atoms with van der Waals surface area (Å²) in [5, 5.41) is 13.7. The van der Waals surface area contributed by atoms with E-state index in [1.54, 1.807) is 18.2 Å². The van der Waals surface area contributed by atoms with Crippen molar-refractivity contribution in [2.75, 3.05) is 12.8 Å². The lowest BCUT2D eigenvalue weighted by Crippen LogP contribution is -2.17. The van der Waals surface area contributed by atoms with Crippen LogP contribution in [0.4, 0.5) is 5.69 Å². The van der Waals surface area contributed by atoms with Crippen molar-refractivity contribution in [3.63, 3.8) is 0 Å². The Bertz CT molecular complexity index is 537. The molecule has 0 aliphatic carbocycles. The Morgan fingerprint density at radius 3 is 2.78 bits per heavy atom. The van der Waals surface area contributed by atoms with Crippen LogP contribution in [0.25, 0.3) is 0 Å². The normalized spacial score (nSPS) is 11.1. The standard InChI is InChI=1S/C13H17N3O2/c1-9-5-12(15-18-9)8-16(2)7-10-6-11(14)3-4-13(10)17/h3-6,17H,7-8,14H2,1-2H3. The molecule has 18 heavy (non-hydrogen) atoms. The summed E-state index contributed by atoms with van der Waals surface area (Å²) in [5.74, 6) is 1.05. The van der Waals surface area contributed by atoms with Gasteiger partial charge in [0.05, 0.1) is 5.69 Å². The minimum Gasteiger partial charge on any atom is -0.508 e. The van der Waals surface area contributed by atoms with E-state index in [0.29, 0.717) is 18.8 Å². The molecule has 5 heteroatoms. The molecule has 0 aliphatic rings. The first-order chi connectivity index (χ1) is 8.54. The van der Waals surface area contributed by atoms with Crippen LogP contribution in [-0.2, 0) is 13.1 Å². The number of nitrogens with zero attached hydrogens (tertiary/aromatic N) is 2. The molecule has 0 amide bonds. The van der Waals surface area contributed by atoms with Crippen LogP contribution < -0.4 is 5.73 Å². The van der Waals surface area contributed by atoms with E-state index in [4.69, 9.17) is 10.3 Å². The van der Waals surface area contributed by atoms with Crippen molar-refractivity contribution in [2.24, 2.45) is 0 Å². The van der Waals surface area contributed by atoms with Crippen molar-refractivity contribution in [3.8, 4) is 5.75 Å². The van der Waals surface area contributed by atoms with Crippen LogP contribution in [-0.4, -0.2) is 22.2 Å². The van der Waals surface area contributed by atoms with E-state index in [0.717, 1.165) is 17.0 Å². The number of phenolic OH excluding ortho intramolecular Hbond substituents is 1. The molecule has 0 atom stereocenters. The van der Waals surface area contributed by atoms with Gasteiger partial charge in [0.25, 0.3) is 0 Å². The van der Waals surface area contributed by atoms with Gasteiger partial charge in [-0.3, -0.25) is 4.90 Å². The van der Waals surface area contributed by atoms with Gasteiger partial charge in [-0.25, -0.2) is 0 Å². The van der Waals surface area contributed by atoms with Gasteiger partial charge in [0, 0.05) is 30.4 Å². The summed E-state index contributed by atoms with van der Waals surface area (Å²) in [6, 6.07) is 6.97. The number of anilines is 1. The maximum absolute atomic E-state index is 9.74. The monoisotopic (exact) mass is 247 g/mol. The van der Waals surface area contributed by atoms with Crippen LogP contribution >= 0.6 is 0 Å². The fraction of sp³-hybridized carbons (Fsp3) is 0.308. The van der Waals surface area contributed by atoms with Crippen LogP contribution in [0.15, 0.2) is 28.8 Å². The highest BCUT2D eigenvalue weighted by Gasteiger charge is 2.08. The summed E-state index contributed by atoms with van der Waals surface area (Å²) in [4.78, 5) is 2.03. The van der Waals surface area contributed by atoms with Gasteiger partial charge in [0.1, 0.15) is 11.5 Å². The smallest absolute Gasteiger partial charge is 0.133 e. The highest BCUT2D eigenvalue weighted by atomic mass is 16.5. The molecule has 0 saturated carbocycles. The van der Waals surface area contributed by atoms with Crippen molar-refractivity contribution in [1.29, 1.82) is 0 Å². The number of nitrogen functional groups attached to an aromatic ring is 1. The molecule has 0 saturated heterocycles. The fourth-order valence-corrected chi connectivity index (χ4v) is 1.85. The van der Waals surface area contributed by atoms with Crippen LogP contribution in [0, 0.1) is 6.92 Å². The summed E-state index contributed by atoms with van der Waals surface area (Å²) in [6.07, 6.45) is 0. The van der Waals surface area contributed by atoms with E-state index in [1.807, 2.05) is 24.9 Å². The molecule has 0 aliphatic heterocycles. The van der Waals surface area contributed by atoms with E-state index in [-0.39, 0.29) is 5.75 Å². The topological polar surface area (TPSA) is 75.5 Å². The first-order valence-electron chi connectivity index (χ1n) is 5.72. The molecule has 0 fully saturated rings. The average molecular weight is 247 g/mol. The van der Waals surface area contributed by atoms with E-state index in [1.165, 1.54) is 0 Å². The van der Waals surface area contributed by atoms with Gasteiger partial charge >= 0.3 is 0 Å². The molecule has 0 radical (unpaired) electrons. The van der Waals surface area contributed by atoms with Gasteiger partial charge in [-0.1, -0.05) is 5.16 Å². The number of aromatic hydroxyl groups is 1. The molecule has 1 aromatic carbocycles. The Balaban J connectivity index is 2.02. The van der Waals surface area contributed by atoms with E-state index >= 15 is 0 Å². The van der Waals surface area contributed by atoms with Crippen molar-refractivity contribution in [3.05, 3.63) is 41.3 Å². The third kappa shape index (κ3) is 3.01. The van der Waals surface area contributed by atoms with Gasteiger partial charge in [-0.2, -0.15) is 0 Å². The number of aromatic nitrogens is 1. The minimum absolute atomic E-state index is 0.257. The number of nitrogens with two attached hydrogens (primary N) is 1.